The highest BCUT2D eigenvalue weighted by molar-refractivity contribution is 8.03. The number of thiazole rings is 1. The van der Waals surface area contributed by atoms with E-state index in [0.29, 0.717) is 0 Å². The van der Waals surface area contributed by atoms with E-state index >= 15 is 0 Å². The molecule has 0 bridgehead atoms. The van der Waals surface area contributed by atoms with E-state index in [9.17, 15) is 0 Å². The summed E-state index contributed by atoms with van der Waals surface area (Å²) >= 11 is 16.1. The highest BCUT2D eigenvalue weighted by Crippen LogP contribution is 2.47. The number of rotatable bonds is 5. The zero-order valence-electron chi connectivity index (χ0n) is 17.1. The van der Waals surface area contributed by atoms with E-state index in [1.807, 2.05) is 35.2 Å². The summed E-state index contributed by atoms with van der Waals surface area (Å²) in [6, 6.07) is 12.3. The van der Waals surface area contributed by atoms with Crippen molar-refractivity contribution in [3.05, 3.63) is 68.1 Å². The molecule has 30 heavy (non-hydrogen) atoms. The van der Waals surface area contributed by atoms with Gasteiger partial charge in [0.1, 0.15) is 11.2 Å². The molecule has 4 rings (SSSR count). The van der Waals surface area contributed by atoms with Gasteiger partial charge in [-0.3, -0.25) is 0 Å². The van der Waals surface area contributed by atoms with Crippen LogP contribution in [0.4, 0.5) is 5.69 Å². The van der Waals surface area contributed by atoms with Crippen molar-refractivity contribution in [2.75, 3.05) is 11.4 Å². The molecule has 0 unspecified atom stereocenters. The Kier molecular flexibility index (Phi) is 7.97. The number of benzene rings is 2. The first-order valence-electron chi connectivity index (χ1n) is 9.83. The third-order valence-electron chi connectivity index (χ3n) is 5.04. The van der Waals surface area contributed by atoms with Crippen LogP contribution in [0.25, 0.3) is 16.3 Å². The molecule has 0 amide bonds. The minimum Gasteiger partial charge on any atom is -1.00 e. The zero-order chi connectivity index (χ0) is 20.5. The number of aryl methyl sites for hydroxylation is 1. The van der Waals surface area contributed by atoms with Crippen molar-refractivity contribution >= 4 is 68.3 Å². The predicted octanol–water partition coefficient (Wildman–Crippen LogP) is 4.79. The number of nitrogens with zero attached hydrogens (tertiary/aromatic N) is 2. The highest BCUT2D eigenvalue weighted by Gasteiger charge is 2.24. The maximum Gasteiger partial charge on any atom is 0.263 e. The van der Waals surface area contributed by atoms with Gasteiger partial charge in [-0.15, -0.1) is 0 Å². The van der Waals surface area contributed by atoms with Crippen LogP contribution in [-0.2, 0) is 6.54 Å². The topological polar surface area (TPSA) is 7.12 Å². The minimum absolute atomic E-state index is 0. The van der Waals surface area contributed by atoms with Gasteiger partial charge < -0.3 is 21.9 Å². The van der Waals surface area contributed by atoms with Crippen molar-refractivity contribution in [3.8, 4) is 0 Å². The largest absolute Gasteiger partial charge is 1.00 e. The molecule has 0 saturated heterocycles. The van der Waals surface area contributed by atoms with Gasteiger partial charge in [-0.2, -0.15) is 4.57 Å². The molecule has 0 fully saturated rings. The number of allylic oxidation sites excluding steroid dienone is 2. The van der Waals surface area contributed by atoms with Gasteiger partial charge in [-0.05, 0) is 62.2 Å². The Labute approximate surface area is 207 Å². The van der Waals surface area contributed by atoms with E-state index in [-0.39, 0.29) is 17.0 Å². The third kappa shape index (κ3) is 4.61. The molecule has 0 spiro atoms. The second-order valence-electron chi connectivity index (χ2n) is 6.81. The lowest BCUT2D eigenvalue weighted by molar-refractivity contribution is -0.665. The fourth-order valence-corrected chi connectivity index (χ4v) is 6.28. The molecule has 2 aromatic carbocycles. The maximum absolute atomic E-state index is 6.24. The molecule has 1 aliphatic rings. The molecular formula is C23H23BrCl2N2S2. The Morgan fingerprint density at radius 1 is 1.07 bits per heavy atom. The van der Waals surface area contributed by atoms with Gasteiger partial charge in [0.05, 0.1) is 10.7 Å². The Morgan fingerprint density at radius 3 is 2.50 bits per heavy atom. The molecule has 2 nitrogen and oxygen atoms in total. The average molecular weight is 542 g/mol. The first-order valence-corrected chi connectivity index (χ1v) is 12.2. The number of fused-ring (bicyclic) bond motifs is 2. The van der Waals surface area contributed by atoms with Gasteiger partial charge in [0, 0.05) is 33.6 Å². The van der Waals surface area contributed by atoms with Crippen molar-refractivity contribution in [1.82, 2.24) is 0 Å². The van der Waals surface area contributed by atoms with E-state index < -0.39 is 0 Å². The van der Waals surface area contributed by atoms with Crippen LogP contribution in [0.5, 0.6) is 0 Å². The standard InChI is InChI=1S/C23H23Cl2N2S2.BrH/c1-4-15(11-22-26(5-2)18-13-16(24)7-9-20(18)28-22)12-23-27(6-3)19-14-17(25)8-10-21(19)29-23;/h7-14H,4-6H2,1-3H3;1H/q+1;/p-1. The molecule has 0 saturated carbocycles. The molecule has 2 heterocycles. The number of hydrogen-bond donors (Lipinski definition) is 0. The monoisotopic (exact) mass is 540 g/mol. The second-order valence-corrected chi connectivity index (χ2v) is 9.81. The van der Waals surface area contributed by atoms with Crippen LogP contribution in [0.2, 0.25) is 10.0 Å². The number of hydrogen-bond acceptors (Lipinski definition) is 3. The van der Waals surface area contributed by atoms with Gasteiger partial charge in [-0.25, -0.2) is 0 Å². The highest BCUT2D eigenvalue weighted by atomic mass is 79.9. The molecule has 1 aromatic heterocycles. The zero-order valence-corrected chi connectivity index (χ0v) is 21.8. The normalized spacial score (nSPS) is 15.0. The predicted molar refractivity (Wildman–Crippen MR) is 129 cm³/mol. The van der Waals surface area contributed by atoms with Crippen molar-refractivity contribution < 1.29 is 21.5 Å². The summed E-state index contributed by atoms with van der Waals surface area (Å²) in [4.78, 5) is 3.60. The van der Waals surface area contributed by atoms with Crippen molar-refractivity contribution in [2.45, 2.75) is 38.6 Å². The number of anilines is 1. The van der Waals surface area contributed by atoms with Crippen LogP contribution in [0.3, 0.4) is 0 Å². The number of halogens is 3. The summed E-state index contributed by atoms with van der Waals surface area (Å²) in [6.07, 6.45) is 5.61. The van der Waals surface area contributed by atoms with Crippen molar-refractivity contribution in [2.24, 2.45) is 0 Å². The first-order chi connectivity index (χ1) is 14.0. The van der Waals surface area contributed by atoms with Gasteiger partial charge in [0.25, 0.3) is 5.01 Å². The van der Waals surface area contributed by atoms with E-state index in [4.69, 9.17) is 23.2 Å². The van der Waals surface area contributed by atoms with E-state index in [1.54, 1.807) is 0 Å². The molecule has 158 valence electrons. The van der Waals surface area contributed by atoms with Gasteiger partial charge in [0.15, 0.2) is 0 Å². The summed E-state index contributed by atoms with van der Waals surface area (Å²) < 4.78 is 3.60. The summed E-state index contributed by atoms with van der Waals surface area (Å²) in [7, 11) is 0. The van der Waals surface area contributed by atoms with E-state index in [0.717, 1.165) is 29.6 Å². The Bertz CT molecular complexity index is 1140. The van der Waals surface area contributed by atoms with Crippen LogP contribution in [0, 0.1) is 0 Å². The minimum atomic E-state index is 0. The van der Waals surface area contributed by atoms with Crippen LogP contribution < -0.4 is 26.4 Å². The Balaban J connectivity index is 0.00000256. The van der Waals surface area contributed by atoms with Gasteiger partial charge in [-0.1, -0.05) is 53.2 Å². The smallest absolute Gasteiger partial charge is 0.263 e. The molecular weight excluding hydrogens is 519 g/mol. The third-order valence-corrected chi connectivity index (χ3v) is 7.74. The number of thioether (sulfide) groups is 1. The SMILES string of the molecule is CCC(/C=C1\Sc2ccc(Cl)cc2N1CC)=C\c1sc2ccc(Cl)cc2[n+]1CC.[Br-]. The van der Waals surface area contributed by atoms with Gasteiger partial charge >= 0.3 is 0 Å². The van der Waals surface area contributed by atoms with Crippen molar-refractivity contribution in [1.29, 1.82) is 0 Å². The van der Waals surface area contributed by atoms with Crippen LogP contribution in [0.1, 0.15) is 32.2 Å². The van der Waals surface area contributed by atoms with E-state index in [2.05, 4.69) is 66.7 Å². The summed E-state index contributed by atoms with van der Waals surface area (Å²) in [6.45, 7) is 8.41. The quantitative estimate of drug-likeness (QED) is 0.429. The molecule has 0 radical (unpaired) electrons. The fraction of sp³-hybridized carbons (Fsp3) is 0.261. The molecule has 1 aliphatic heterocycles. The second kappa shape index (κ2) is 10.1. The molecule has 0 N–H and O–H groups in total. The summed E-state index contributed by atoms with van der Waals surface area (Å²) in [5.41, 5.74) is 3.71. The lowest BCUT2D eigenvalue weighted by Crippen LogP contribution is -3.00. The first kappa shape index (κ1) is 23.7. The van der Waals surface area contributed by atoms with Crippen LogP contribution in [-0.4, -0.2) is 6.54 Å². The lowest BCUT2D eigenvalue weighted by Gasteiger charge is -2.18. The van der Waals surface area contributed by atoms with Gasteiger partial charge in [0.2, 0.25) is 5.52 Å². The van der Waals surface area contributed by atoms with Crippen LogP contribution >= 0.6 is 46.3 Å². The Hall–Kier alpha value is -0.980. The molecule has 7 heteroatoms. The summed E-state index contributed by atoms with van der Waals surface area (Å²) in [5, 5.41) is 4.07. The van der Waals surface area contributed by atoms with Crippen molar-refractivity contribution in [3.63, 3.8) is 0 Å². The molecule has 3 aromatic rings. The molecule has 0 atom stereocenters. The summed E-state index contributed by atoms with van der Waals surface area (Å²) in [5.74, 6) is 0. The Morgan fingerprint density at radius 2 is 1.80 bits per heavy atom. The maximum atomic E-state index is 6.24. The lowest BCUT2D eigenvalue weighted by atomic mass is 10.2. The average Bonchev–Trinajstić information content (AvgIpc) is 3.23. The van der Waals surface area contributed by atoms with E-state index in [1.165, 1.54) is 36.4 Å². The number of aromatic nitrogens is 1. The van der Waals surface area contributed by atoms with Crippen LogP contribution in [0.15, 0.2) is 58.0 Å². The fourth-order valence-electron chi connectivity index (χ4n) is 3.58. The molecule has 0 aliphatic carbocycles.